The number of hydrazone groups is 1. The van der Waals surface area contributed by atoms with Crippen LogP contribution in [0, 0.1) is 0 Å². The van der Waals surface area contributed by atoms with Crippen LogP contribution in [0.2, 0.25) is 0 Å². The van der Waals surface area contributed by atoms with Crippen LogP contribution in [0.1, 0.15) is 12.5 Å². The van der Waals surface area contributed by atoms with Crippen LogP contribution in [-0.2, 0) is 14.8 Å². The number of rotatable bonds is 6. The Kier molecular flexibility index (Phi) is 6.33. The molecule has 2 rings (SSSR count). The van der Waals surface area contributed by atoms with Crippen LogP contribution >= 0.6 is 15.9 Å². The second kappa shape index (κ2) is 8.26. The first kappa shape index (κ1) is 19.1. The zero-order valence-corrected chi connectivity index (χ0v) is 16.2. The first-order valence-corrected chi connectivity index (χ1v) is 10.0. The van der Waals surface area contributed by atoms with Gasteiger partial charge < -0.3 is 0 Å². The Bertz CT molecular complexity index is 866. The van der Waals surface area contributed by atoms with Crippen molar-refractivity contribution in [2.75, 3.05) is 17.1 Å². The van der Waals surface area contributed by atoms with Gasteiger partial charge in [-0.05, 0) is 36.8 Å². The molecule has 0 aliphatic carbocycles. The molecular weight excluding hydrogens is 406 g/mol. The van der Waals surface area contributed by atoms with Gasteiger partial charge in [0.1, 0.15) is 6.54 Å². The van der Waals surface area contributed by atoms with Crippen LogP contribution < -0.4 is 9.73 Å². The summed E-state index contributed by atoms with van der Waals surface area (Å²) >= 11 is 3.35. The molecule has 0 fully saturated rings. The van der Waals surface area contributed by atoms with E-state index in [4.69, 9.17) is 0 Å². The van der Waals surface area contributed by atoms with Crippen molar-refractivity contribution in [2.45, 2.75) is 6.92 Å². The Labute approximate surface area is 155 Å². The third kappa shape index (κ3) is 5.68. The Morgan fingerprint density at radius 3 is 2.28 bits per heavy atom. The zero-order valence-electron chi connectivity index (χ0n) is 13.8. The van der Waals surface area contributed by atoms with Crippen molar-refractivity contribution in [1.82, 2.24) is 5.43 Å². The van der Waals surface area contributed by atoms with E-state index in [1.54, 1.807) is 37.3 Å². The lowest BCUT2D eigenvalue weighted by Gasteiger charge is -2.21. The molecule has 0 radical (unpaired) electrons. The van der Waals surface area contributed by atoms with Crippen LogP contribution in [0.5, 0.6) is 0 Å². The minimum Gasteiger partial charge on any atom is -0.271 e. The van der Waals surface area contributed by atoms with Crippen LogP contribution in [0.4, 0.5) is 5.69 Å². The second-order valence-corrected chi connectivity index (χ2v) is 8.17. The lowest BCUT2D eigenvalue weighted by atomic mass is 10.1. The highest BCUT2D eigenvalue weighted by atomic mass is 79.9. The number of benzene rings is 2. The van der Waals surface area contributed by atoms with Crippen molar-refractivity contribution < 1.29 is 13.2 Å². The quantitative estimate of drug-likeness (QED) is 0.572. The van der Waals surface area contributed by atoms with Crippen LogP contribution in [0.25, 0.3) is 0 Å². The van der Waals surface area contributed by atoms with E-state index in [-0.39, 0.29) is 6.54 Å². The standard InChI is InChI=1S/C17H18BrN3O3S/c1-13(14-8-10-15(18)11-9-14)19-20-17(22)12-21(25(2,23)24)16-6-4-3-5-7-16/h3-11H,12H2,1-2H3,(H,20,22)/b19-13-. The molecule has 1 N–H and O–H groups in total. The molecular formula is C17H18BrN3O3S. The van der Waals surface area contributed by atoms with Crippen molar-refractivity contribution in [3.8, 4) is 0 Å². The monoisotopic (exact) mass is 423 g/mol. The van der Waals surface area contributed by atoms with E-state index in [0.717, 1.165) is 20.6 Å². The Morgan fingerprint density at radius 2 is 1.72 bits per heavy atom. The van der Waals surface area contributed by atoms with Crippen LogP contribution in [-0.4, -0.2) is 32.8 Å². The van der Waals surface area contributed by atoms with Crippen molar-refractivity contribution in [3.63, 3.8) is 0 Å². The first-order valence-electron chi connectivity index (χ1n) is 7.39. The lowest BCUT2D eigenvalue weighted by molar-refractivity contribution is -0.119. The van der Waals surface area contributed by atoms with Gasteiger partial charge in [-0.25, -0.2) is 13.8 Å². The summed E-state index contributed by atoms with van der Waals surface area (Å²) in [7, 11) is -3.59. The average molecular weight is 424 g/mol. The van der Waals surface area contributed by atoms with E-state index in [2.05, 4.69) is 26.5 Å². The second-order valence-electron chi connectivity index (χ2n) is 5.34. The van der Waals surface area contributed by atoms with Gasteiger partial charge >= 0.3 is 0 Å². The minimum atomic E-state index is -3.59. The molecule has 2 aromatic rings. The fourth-order valence-corrected chi connectivity index (χ4v) is 3.18. The molecule has 8 heteroatoms. The lowest BCUT2D eigenvalue weighted by Crippen LogP contribution is -2.39. The highest BCUT2D eigenvalue weighted by molar-refractivity contribution is 9.10. The van der Waals surface area contributed by atoms with Gasteiger partial charge in [0, 0.05) is 4.47 Å². The number of anilines is 1. The maximum atomic E-state index is 12.1. The summed E-state index contributed by atoms with van der Waals surface area (Å²) in [6.07, 6.45) is 1.06. The van der Waals surface area contributed by atoms with E-state index in [9.17, 15) is 13.2 Å². The molecule has 0 saturated carbocycles. The van der Waals surface area contributed by atoms with Crippen molar-refractivity contribution in [3.05, 3.63) is 64.6 Å². The summed E-state index contributed by atoms with van der Waals surface area (Å²) in [5.41, 5.74) is 4.29. The van der Waals surface area contributed by atoms with Gasteiger partial charge in [-0.15, -0.1) is 0 Å². The van der Waals surface area contributed by atoms with Gasteiger partial charge in [0.25, 0.3) is 5.91 Å². The molecule has 0 bridgehead atoms. The molecule has 0 spiro atoms. The number of hydrogen-bond acceptors (Lipinski definition) is 4. The van der Waals surface area contributed by atoms with Gasteiger partial charge in [-0.1, -0.05) is 46.3 Å². The third-order valence-electron chi connectivity index (χ3n) is 3.34. The summed E-state index contributed by atoms with van der Waals surface area (Å²) in [6, 6.07) is 15.9. The van der Waals surface area contributed by atoms with Gasteiger partial charge in [-0.3, -0.25) is 9.10 Å². The van der Waals surface area contributed by atoms with Crippen LogP contribution in [0.3, 0.4) is 0 Å². The predicted molar refractivity (Wildman–Crippen MR) is 103 cm³/mol. The van der Waals surface area contributed by atoms with E-state index < -0.39 is 15.9 Å². The van der Waals surface area contributed by atoms with E-state index in [1.165, 1.54) is 0 Å². The van der Waals surface area contributed by atoms with E-state index in [0.29, 0.717) is 11.4 Å². The summed E-state index contributed by atoms with van der Waals surface area (Å²) in [6.45, 7) is 1.41. The zero-order chi connectivity index (χ0) is 18.4. The predicted octanol–water partition coefficient (Wildman–Crippen LogP) is 2.76. The number of nitrogens with one attached hydrogen (secondary N) is 1. The smallest absolute Gasteiger partial charge is 0.260 e. The molecule has 0 unspecified atom stereocenters. The number of amides is 1. The largest absolute Gasteiger partial charge is 0.271 e. The SMILES string of the molecule is C/C(=N/NC(=O)CN(c1ccccc1)S(C)(=O)=O)c1ccc(Br)cc1. The average Bonchev–Trinajstić information content (AvgIpc) is 2.58. The highest BCUT2D eigenvalue weighted by Crippen LogP contribution is 2.16. The van der Waals surface area contributed by atoms with Gasteiger partial charge in [0.05, 0.1) is 17.7 Å². The number of carbonyl (C=O) groups excluding carboxylic acids is 1. The molecule has 0 aliphatic heterocycles. The van der Waals surface area contributed by atoms with Gasteiger partial charge in [-0.2, -0.15) is 5.10 Å². The Morgan fingerprint density at radius 1 is 1.12 bits per heavy atom. The fourth-order valence-electron chi connectivity index (χ4n) is 2.06. The Balaban J connectivity index is 2.09. The van der Waals surface area contributed by atoms with E-state index in [1.807, 2.05) is 24.3 Å². The third-order valence-corrected chi connectivity index (χ3v) is 5.01. The van der Waals surface area contributed by atoms with Crippen molar-refractivity contribution >= 4 is 43.3 Å². The van der Waals surface area contributed by atoms with E-state index >= 15 is 0 Å². The minimum absolute atomic E-state index is 0.347. The van der Waals surface area contributed by atoms with Crippen molar-refractivity contribution in [1.29, 1.82) is 0 Å². The molecule has 2 aromatic carbocycles. The molecule has 132 valence electrons. The molecule has 0 aromatic heterocycles. The topological polar surface area (TPSA) is 78.8 Å². The van der Waals surface area contributed by atoms with Gasteiger partial charge in [0.2, 0.25) is 10.0 Å². The Hall–Kier alpha value is -2.19. The summed E-state index contributed by atoms with van der Waals surface area (Å²) in [5.74, 6) is -0.522. The fraction of sp³-hybridized carbons (Fsp3) is 0.176. The molecule has 6 nitrogen and oxygen atoms in total. The molecule has 1 amide bonds. The molecule has 0 heterocycles. The summed E-state index contributed by atoms with van der Waals surface area (Å²) in [4.78, 5) is 12.1. The maximum Gasteiger partial charge on any atom is 0.260 e. The molecule has 0 atom stereocenters. The normalized spacial score (nSPS) is 11.9. The maximum absolute atomic E-state index is 12.1. The molecule has 25 heavy (non-hydrogen) atoms. The van der Waals surface area contributed by atoms with Crippen molar-refractivity contribution in [2.24, 2.45) is 5.10 Å². The molecule has 0 saturated heterocycles. The summed E-state index contributed by atoms with van der Waals surface area (Å²) in [5, 5.41) is 4.03. The summed E-state index contributed by atoms with van der Waals surface area (Å²) < 4.78 is 25.9. The van der Waals surface area contributed by atoms with Gasteiger partial charge in [0.15, 0.2) is 0 Å². The number of halogens is 1. The number of carbonyl (C=O) groups is 1. The number of para-hydroxylation sites is 1. The number of hydrogen-bond donors (Lipinski definition) is 1. The number of sulfonamides is 1. The first-order chi connectivity index (χ1) is 11.8. The van der Waals surface area contributed by atoms with Crippen LogP contribution in [0.15, 0.2) is 64.2 Å². The highest BCUT2D eigenvalue weighted by Gasteiger charge is 2.20. The number of nitrogens with zero attached hydrogens (tertiary/aromatic N) is 2. The molecule has 0 aliphatic rings.